The van der Waals surface area contributed by atoms with Crippen molar-refractivity contribution < 1.29 is 23.1 Å². The molecule has 3 N–H and O–H groups in total. The molecule has 106 valence electrons. The summed E-state index contributed by atoms with van der Waals surface area (Å²) in [7, 11) is 0. The minimum atomic E-state index is -4.52. The summed E-state index contributed by atoms with van der Waals surface area (Å²) in [6.07, 6.45) is -4.52. The van der Waals surface area contributed by atoms with Crippen molar-refractivity contribution in [3.8, 4) is 0 Å². The molecule has 0 aliphatic carbocycles. The molecule has 6 heteroatoms. The summed E-state index contributed by atoms with van der Waals surface area (Å²) < 4.78 is 38.0. The predicted molar refractivity (Wildman–Crippen MR) is 65.7 cm³/mol. The number of alkyl halides is 3. The second-order valence-corrected chi connectivity index (χ2v) is 5.48. The highest BCUT2D eigenvalue weighted by molar-refractivity contribution is 5.79. The fourth-order valence-electron chi connectivity index (χ4n) is 1.97. The molecule has 1 unspecified atom stereocenters. The van der Waals surface area contributed by atoms with Gasteiger partial charge in [-0.15, -0.1) is 0 Å². The average molecular weight is 275 g/mol. The van der Waals surface area contributed by atoms with E-state index in [0.717, 1.165) is 18.2 Å². The number of nitrogens with two attached hydrogens (primary N) is 1. The summed E-state index contributed by atoms with van der Waals surface area (Å²) in [5, 5.41) is 9.24. The number of carbonyl (C=O) groups is 1. The summed E-state index contributed by atoms with van der Waals surface area (Å²) in [5.74, 6) is -2.30. The fourth-order valence-corrected chi connectivity index (χ4v) is 1.97. The maximum atomic E-state index is 12.7. The van der Waals surface area contributed by atoms with E-state index in [9.17, 15) is 23.1 Å². The molecule has 0 amide bonds. The second kappa shape index (κ2) is 4.75. The van der Waals surface area contributed by atoms with Gasteiger partial charge in [0, 0.05) is 5.69 Å². The SMILES string of the molecule is CC(C)(C)C(C(=O)O)c1cc(C(F)(F)F)ccc1N. The molecule has 0 radical (unpaired) electrons. The highest BCUT2D eigenvalue weighted by Gasteiger charge is 2.37. The van der Waals surface area contributed by atoms with Gasteiger partial charge in [-0.3, -0.25) is 4.79 Å². The standard InChI is InChI=1S/C13H16F3NO2/c1-12(2,3)10(11(18)19)8-6-7(13(14,15)16)4-5-9(8)17/h4-6,10H,17H2,1-3H3,(H,18,19). The highest BCUT2D eigenvalue weighted by atomic mass is 19.4. The number of halogens is 3. The molecule has 0 aliphatic heterocycles. The van der Waals surface area contributed by atoms with Crippen LogP contribution in [0.5, 0.6) is 0 Å². The molecule has 0 heterocycles. The van der Waals surface area contributed by atoms with Gasteiger partial charge in [-0.2, -0.15) is 13.2 Å². The molecule has 3 nitrogen and oxygen atoms in total. The maximum Gasteiger partial charge on any atom is 0.416 e. The zero-order valence-electron chi connectivity index (χ0n) is 10.9. The van der Waals surface area contributed by atoms with Gasteiger partial charge in [0.15, 0.2) is 0 Å². The van der Waals surface area contributed by atoms with E-state index in [-0.39, 0.29) is 11.3 Å². The smallest absolute Gasteiger partial charge is 0.416 e. The molecule has 0 spiro atoms. The summed E-state index contributed by atoms with van der Waals surface area (Å²) in [5.41, 5.74) is 4.04. The van der Waals surface area contributed by atoms with Crippen LogP contribution in [0, 0.1) is 5.41 Å². The van der Waals surface area contributed by atoms with Crippen molar-refractivity contribution in [3.05, 3.63) is 29.3 Å². The molecule has 1 rings (SSSR count). The highest BCUT2D eigenvalue weighted by Crippen LogP contribution is 2.40. The molecule has 19 heavy (non-hydrogen) atoms. The first-order valence-electron chi connectivity index (χ1n) is 5.64. The first-order chi connectivity index (χ1) is 8.44. The van der Waals surface area contributed by atoms with Gasteiger partial charge in [-0.25, -0.2) is 0 Å². The molecule has 0 aliphatic rings. The largest absolute Gasteiger partial charge is 0.481 e. The minimum absolute atomic E-state index is 0.00479. The molecule has 1 atom stereocenters. The third kappa shape index (κ3) is 3.39. The van der Waals surface area contributed by atoms with Crippen molar-refractivity contribution in [2.24, 2.45) is 5.41 Å². The van der Waals surface area contributed by atoms with E-state index in [2.05, 4.69) is 0 Å². The van der Waals surface area contributed by atoms with E-state index in [1.165, 1.54) is 0 Å². The monoisotopic (exact) mass is 275 g/mol. The van der Waals surface area contributed by atoms with Gasteiger partial charge in [-0.1, -0.05) is 20.8 Å². The lowest BCUT2D eigenvalue weighted by molar-refractivity contribution is -0.142. The van der Waals surface area contributed by atoms with Crippen LogP contribution in [0.1, 0.15) is 37.8 Å². The fraction of sp³-hybridized carbons (Fsp3) is 0.462. The lowest BCUT2D eigenvalue weighted by Gasteiger charge is -2.28. The number of carboxylic acids is 1. The minimum Gasteiger partial charge on any atom is -0.481 e. The third-order valence-corrected chi connectivity index (χ3v) is 2.84. The molecule has 0 saturated carbocycles. The van der Waals surface area contributed by atoms with Crippen molar-refractivity contribution in [1.29, 1.82) is 0 Å². The van der Waals surface area contributed by atoms with Gasteiger partial charge < -0.3 is 10.8 Å². The Morgan fingerprint density at radius 3 is 2.16 bits per heavy atom. The first kappa shape index (κ1) is 15.3. The third-order valence-electron chi connectivity index (χ3n) is 2.84. The lowest BCUT2D eigenvalue weighted by atomic mass is 9.75. The van der Waals surface area contributed by atoms with Crippen LogP contribution in [0.4, 0.5) is 18.9 Å². The van der Waals surface area contributed by atoms with Crippen LogP contribution in [0.15, 0.2) is 18.2 Å². The normalized spacial score (nSPS) is 14.2. The van der Waals surface area contributed by atoms with Crippen LogP contribution in [-0.2, 0) is 11.0 Å². The summed E-state index contributed by atoms with van der Waals surface area (Å²) in [6.45, 7) is 4.93. The van der Waals surface area contributed by atoms with Gasteiger partial charge in [0.2, 0.25) is 0 Å². The van der Waals surface area contributed by atoms with Gasteiger partial charge >= 0.3 is 12.1 Å². The van der Waals surface area contributed by atoms with E-state index >= 15 is 0 Å². The van der Waals surface area contributed by atoms with Crippen molar-refractivity contribution in [3.63, 3.8) is 0 Å². The number of nitrogen functional groups attached to an aromatic ring is 1. The Hall–Kier alpha value is -1.72. The van der Waals surface area contributed by atoms with Gasteiger partial charge in [0.05, 0.1) is 11.5 Å². The lowest BCUT2D eigenvalue weighted by Crippen LogP contribution is -2.27. The van der Waals surface area contributed by atoms with Crippen molar-refractivity contribution in [2.45, 2.75) is 32.9 Å². The van der Waals surface area contributed by atoms with E-state index < -0.39 is 29.0 Å². The Labute approximate surface area is 109 Å². The van der Waals surface area contributed by atoms with E-state index in [1.807, 2.05) is 0 Å². The summed E-state index contributed by atoms with van der Waals surface area (Å²) in [6, 6.07) is 2.76. The number of carboxylic acid groups (broad SMARTS) is 1. The van der Waals surface area contributed by atoms with Gasteiger partial charge in [0.25, 0.3) is 0 Å². The first-order valence-corrected chi connectivity index (χ1v) is 5.64. The van der Waals surface area contributed by atoms with Crippen LogP contribution >= 0.6 is 0 Å². The van der Waals surface area contributed by atoms with Crippen LogP contribution in [-0.4, -0.2) is 11.1 Å². The maximum absolute atomic E-state index is 12.7. The van der Waals surface area contributed by atoms with E-state index in [4.69, 9.17) is 5.73 Å². The van der Waals surface area contributed by atoms with E-state index in [0.29, 0.717) is 0 Å². The van der Waals surface area contributed by atoms with Crippen LogP contribution in [0.25, 0.3) is 0 Å². The molecule has 0 aromatic heterocycles. The molecular weight excluding hydrogens is 259 g/mol. The molecule has 0 saturated heterocycles. The second-order valence-electron chi connectivity index (χ2n) is 5.48. The zero-order valence-corrected chi connectivity index (χ0v) is 10.9. The van der Waals surface area contributed by atoms with Crippen molar-refractivity contribution in [2.75, 3.05) is 5.73 Å². The molecule has 1 aromatic carbocycles. The molecule has 0 bridgehead atoms. The molecular formula is C13H16F3NO2. The Balaban J connectivity index is 3.43. The number of hydrogen-bond donors (Lipinski definition) is 2. The van der Waals surface area contributed by atoms with E-state index in [1.54, 1.807) is 20.8 Å². The molecule has 1 aromatic rings. The molecule has 0 fully saturated rings. The zero-order chi connectivity index (χ0) is 15.0. The summed E-state index contributed by atoms with van der Waals surface area (Å²) >= 11 is 0. The van der Waals surface area contributed by atoms with Crippen LogP contribution in [0.2, 0.25) is 0 Å². The number of hydrogen-bond acceptors (Lipinski definition) is 2. The Morgan fingerprint density at radius 1 is 1.26 bits per heavy atom. The summed E-state index contributed by atoms with van der Waals surface area (Å²) in [4.78, 5) is 11.3. The topological polar surface area (TPSA) is 63.3 Å². The predicted octanol–water partition coefficient (Wildman–Crippen LogP) is 3.50. The van der Waals surface area contributed by atoms with Crippen molar-refractivity contribution >= 4 is 11.7 Å². The average Bonchev–Trinajstić information content (AvgIpc) is 2.16. The Kier molecular flexibility index (Phi) is 3.84. The number of aliphatic carboxylic acids is 1. The Morgan fingerprint density at radius 2 is 1.79 bits per heavy atom. The van der Waals surface area contributed by atoms with Crippen LogP contribution < -0.4 is 5.73 Å². The van der Waals surface area contributed by atoms with Crippen molar-refractivity contribution in [1.82, 2.24) is 0 Å². The van der Waals surface area contributed by atoms with Gasteiger partial charge in [-0.05, 0) is 29.2 Å². The Bertz CT molecular complexity index is 490. The quantitative estimate of drug-likeness (QED) is 0.812. The number of anilines is 1. The number of benzene rings is 1. The number of rotatable bonds is 2. The van der Waals surface area contributed by atoms with Gasteiger partial charge in [0.1, 0.15) is 0 Å². The van der Waals surface area contributed by atoms with Crippen LogP contribution in [0.3, 0.4) is 0 Å².